The summed E-state index contributed by atoms with van der Waals surface area (Å²) in [5.74, 6) is 0.0614. The van der Waals surface area contributed by atoms with E-state index in [2.05, 4.69) is 57.1 Å². The van der Waals surface area contributed by atoms with Crippen LogP contribution in [0.5, 0.6) is 0 Å². The van der Waals surface area contributed by atoms with Gasteiger partial charge >= 0.3 is 12.2 Å². The first-order valence-electron chi connectivity index (χ1n) is 16.7. The Kier molecular flexibility index (Phi) is 12.4. The molecule has 1 heterocycles. The number of rotatable bonds is 11. The number of nitrogens with two attached hydrogens (primary N) is 1. The zero-order valence-electron chi connectivity index (χ0n) is 29.7. The summed E-state index contributed by atoms with van der Waals surface area (Å²) in [5, 5.41) is 20.4. The molecule has 12 heteroatoms. The summed E-state index contributed by atoms with van der Waals surface area (Å²) in [6.45, 7) is 11.0. The maximum atomic E-state index is 13.1. The molecule has 5 N–H and O–H groups in total. The van der Waals surface area contributed by atoms with Crippen molar-refractivity contribution in [1.29, 1.82) is 0 Å². The predicted molar refractivity (Wildman–Crippen MR) is 196 cm³/mol. The van der Waals surface area contributed by atoms with Gasteiger partial charge in [-0.05, 0) is 71.2 Å². The summed E-state index contributed by atoms with van der Waals surface area (Å²) in [7, 11) is 0. The van der Waals surface area contributed by atoms with E-state index >= 15 is 0 Å². The molecule has 12 nitrogen and oxygen atoms in total. The monoisotopic (exact) mass is 683 g/mol. The van der Waals surface area contributed by atoms with E-state index in [1.165, 1.54) is 10.9 Å². The maximum absolute atomic E-state index is 13.1. The van der Waals surface area contributed by atoms with Gasteiger partial charge in [0.05, 0.1) is 24.9 Å². The molecule has 0 radical (unpaired) electrons. The van der Waals surface area contributed by atoms with Gasteiger partial charge in [-0.1, -0.05) is 91.0 Å². The van der Waals surface area contributed by atoms with E-state index in [0.29, 0.717) is 18.7 Å². The molecule has 0 saturated heterocycles. The SMILES string of the molecule is CC(C)(C)OC(=O)/N=C(\NC(=O)OC(C)(C)C)N(CCCNC(c1ccccc1)(c1ccccc1)c1ccccc1)c1cnn(CCO)c1N. The fraction of sp³-hybridized carbons (Fsp3) is 0.368. The number of benzene rings is 3. The van der Waals surface area contributed by atoms with E-state index in [1.54, 1.807) is 46.4 Å². The largest absolute Gasteiger partial charge is 0.444 e. The van der Waals surface area contributed by atoms with Crippen molar-refractivity contribution in [3.63, 3.8) is 0 Å². The van der Waals surface area contributed by atoms with Crippen LogP contribution in [0.25, 0.3) is 0 Å². The smallest absolute Gasteiger partial charge is 0.437 e. The molecule has 0 atom stereocenters. The van der Waals surface area contributed by atoms with Gasteiger partial charge in [-0.25, -0.2) is 14.3 Å². The fourth-order valence-electron chi connectivity index (χ4n) is 5.51. The van der Waals surface area contributed by atoms with Crippen molar-refractivity contribution in [3.8, 4) is 0 Å². The zero-order chi connectivity index (χ0) is 36.4. The first-order chi connectivity index (χ1) is 23.7. The van der Waals surface area contributed by atoms with E-state index in [1.807, 2.05) is 54.6 Å². The number of hydrogen-bond acceptors (Lipinski definition) is 8. The van der Waals surface area contributed by atoms with Gasteiger partial charge in [0, 0.05) is 6.54 Å². The minimum absolute atomic E-state index is 0.146. The van der Waals surface area contributed by atoms with Gasteiger partial charge in [-0.2, -0.15) is 5.10 Å². The normalized spacial score (nSPS) is 12.3. The van der Waals surface area contributed by atoms with Gasteiger partial charge in [0.15, 0.2) is 0 Å². The van der Waals surface area contributed by atoms with Crippen LogP contribution in [0.4, 0.5) is 21.1 Å². The first-order valence-corrected chi connectivity index (χ1v) is 16.7. The lowest BCUT2D eigenvalue weighted by atomic mass is 9.77. The molecule has 0 aliphatic carbocycles. The van der Waals surface area contributed by atoms with Crippen molar-refractivity contribution in [2.45, 2.75) is 71.2 Å². The molecule has 4 aromatic rings. The van der Waals surface area contributed by atoms with Crippen molar-refractivity contribution in [1.82, 2.24) is 20.4 Å². The molecule has 266 valence electrons. The van der Waals surface area contributed by atoms with E-state index in [0.717, 1.165) is 16.7 Å². The average Bonchev–Trinajstić information content (AvgIpc) is 3.41. The molecule has 0 bridgehead atoms. The summed E-state index contributed by atoms with van der Waals surface area (Å²) in [6, 6.07) is 30.7. The molecular weight excluding hydrogens is 634 g/mol. The van der Waals surface area contributed by atoms with Gasteiger partial charge < -0.3 is 25.2 Å². The Bertz CT molecular complexity index is 1620. The molecule has 4 rings (SSSR count). The van der Waals surface area contributed by atoms with Crippen LogP contribution >= 0.6 is 0 Å². The molecule has 0 spiro atoms. The molecule has 3 aromatic carbocycles. The first kappa shape index (κ1) is 37.6. The van der Waals surface area contributed by atoms with Gasteiger partial charge in [0.2, 0.25) is 5.96 Å². The molecule has 0 unspecified atom stereocenters. The van der Waals surface area contributed by atoms with Crippen LogP contribution < -0.4 is 21.3 Å². The van der Waals surface area contributed by atoms with Crippen molar-refractivity contribution >= 4 is 29.7 Å². The Morgan fingerprint density at radius 1 is 0.840 bits per heavy atom. The molecule has 0 aliphatic rings. The lowest BCUT2D eigenvalue weighted by Crippen LogP contribution is -2.49. The van der Waals surface area contributed by atoms with Crippen molar-refractivity contribution < 1.29 is 24.2 Å². The number of amides is 2. The number of ether oxygens (including phenoxy) is 2. The number of guanidine groups is 1. The molecule has 2 amide bonds. The van der Waals surface area contributed by atoms with Crippen LogP contribution in [0.1, 0.15) is 64.7 Å². The summed E-state index contributed by atoms with van der Waals surface area (Å²) < 4.78 is 12.4. The van der Waals surface area contributed by atoms with Crippen molar-refractivity contribution in [2.75, 3.05) is 30.3 Å². The highest BCUT2D eigenvalue weighted by Gasteiger charge is 2.36. The van der Waals surface area contributed by atoms with Crippen LogP contribution in [0.3, 0.4) is 0 Å². The standard InChI is InChI=1S/C38H49N7O5/c1-36(2,3)49-34(47)42-33(43-35(48)50-37(4,5)6)44(31-27-41-45(25-26-46)32(31)39)24-16-23-40-38(28-17-10-7-11-18-28,29-19-12-8-13-20-29)30-21-14-9-15-22-30/h7-15,17-22,27,40,46H,16,23-26,39H2,1-6H3,(H,42,43,47,48). The molecule has 0 fully saturated rings. The number of nitrogen functional groups attached to an aromatic ring is 1. The number of alkyl carbamates (subject to hydrolysis) is 1. The van der Waals surface area contributed by atoms with Gasteiger partial charge in [0.25, 0.3) is 0 Å². The maximum Gasteiger partial charge on any atom is 0.437 e. The summed E-state index contributed by atoms with van der Waals surface area (Å²) in [4.78, 5) is 32.0. The number of nitrogens with zero attached hydrogens (tertiary/aromatic N) is 4. The van der Waals surface area contributed by atoms with Crippen LogP contribution in [-0.4, -0.2) is 63.9 Å². The van der Waals surface area contributed by atoms with Gasteiger partial charge in [-0.15, -0.1) is 4.99 Å². The number of carbonyl (C=O) groups excluding carboxylic acids is 2. The third-order valence-electron chi connectivity index (χ3n) is 7.49. The number of aliphatic hydroxyl groups is 1. The van der Waals surface area contributed by atoms with Crippen molar-refractivity contribution in [3.05, 3.63) is 114 Å². The van der Waals surface area contributed by atoms with Crippen LogP contribution in [0, 0.1) is 0 Å². The van der Waals surface area contributed by atoms with E-state index in [4.69, 9.17) is 15.2 Å². The number of anilines is 2. The molecule has 50 heavy (non-hydrogen) atoms. The number of aliphatic hydroxyl groups excluding tert-OH is 1. The lowest BCUT2D eigenvalue weighted by Gasteiger charge is -2.37. The Balaban J connectivity index is 1.74. The van der Waals surface area contributed by atoms with Gasteiger partial charge in [0.1, 0.15) is 22.7 Å². The number of aliphatic imine (C=N–C) groups is 1. The average molecular weight is 684 g/mol. The fourth-order valence-corrected chi connectivity index (χ4v) is 5.51. The molecule has 1 aromatic heterocycles. The Labute approximate surface area is 294 Å². The minimum atomic E-state index is -0.913. The highest BCUT2D eigenvalue weighted by atomic mass is 16.6. The highest BCUT2D eigenvalue weighted by molar-refractivity contribution is 6.08. The highest BCUT2D eigenvalue weighted by Crippen LogP contribution is 2.36. The second-order valence-electron chi connectivity index (χ2n) is 13.7. The third kappa shape index (κ3) is 9.93. The third-order valence-corrected chi connectivity index (χ3v) is 7.49. The zero-order valence-corrected chi connectivity index (χ0v) is 29.7. The number of nitrogens with one attached hydrogen (secondary N) is 2. The van der Waals surface area contributed by atoms with Crippen LogP contribution in [0.15, 0.2) is 102 Å². The number of carbonyl (C=O) groups is 2. The molecule has 0 saturated carbocycles. The second-order valence-corrected chi connectivity index (χ2v) is 13.7. The Morgan fingerprint density at radius 2 is 1.34 bits per heavy atom. The van der Waals surface area contributed by atoms with E-state index in [9.17, 15) is 14.7 Å². The Morgan fingerprint density at radius 3 is 1.80 bits per heavy atom. The van der Waals surface area contributed by atoms with Crippen LogP contribution in [0.2, 0.25) is 0 Å². The number of aromatic nitrogens is 2. The second kappa shape index (κ2) is 16.5. The molecular formula is C38H49N7O5. The summed E-state index contributed by atoms with van der Waals surface area (Å²) >= 11 is 0. The lowest BCUT2D eigenvalue weighted by molar-refractivity contribution is 0.0561. The van der Waals surface area contributed by atoms with Crippen LogP contribution in [-0.2, 0) is 21.6 Å². The quantitative estimate of drug-likeness (QED) is 0.0640. The van der Waals surface area contributed by atoms with Gasteiger partial charge in [-0.3, -0.25) is 10.6 Å². The van der Waals surface area contributed by atoms with E-state index < -0.39 is 28.9 Å². The van der Waals surface area contributed by atoms with Crippen molar-refractivity contribution in [2.24, 2.45) is 4.99 Å². The molecule has 0 aliphatic heterocycles. The predicted octanol–water partition coefficient (Wildman–Crippen LogP) is 6.05. The topological polar surface area (TPSA) is 156 Å². The Hall–Kier alpha value is -5.20. The summed E-state index contributed by atoms with van der Waals surface area (Å²) in [5.41, 5.74) is 7.69. The minimum Gasteiger partial charge on any atom is -0.444 e. The number of hydrogen-bond donors (Lipinski definition) is 4. The summed E-state index contributed by atoms with van der Waals surface area (Å²) in [6.07, 6.45) is 0.259. The van der Waals surface area contributed by atoms with E-state index in [-0.39, 0.29) is 31.5 Å².